The molecule has 0 aromatic carbocycles. The first kappa shape index (κ1) is 14.1. The molecule has 0 saturated heterocycles. The Morgan fingerprint density at radius 2 is 2.26 bits per heavy atom. The van der Waals surface area contributed by atoms with Crippen LogP contribution in [0.4, 0.5) is 0 Å². The van der Waals surface area contributed by atoms with Crippen LogP contribution in [-0.2, 0) is 10.4 Å². The number of nitrogens with zero attached hydrogens (tertiary/aromatic N) is 1. The maximum atomic E-state index is 12.3. The van der Waals surface area contributed by atoms with E-state index in [9.17, 15) is 9.90 Å². The molecule has 1 atom stereocenters. The third kappa shape index (κ3) is 2.53. The standard InChI is InChI=1S/C14H22N2O3/c1-13(18,11-6-4-9-19-11)10-15-12(17)14(16(2)3)7-5-8-14/h4,6,9,18H,5,7-8,10H2,1-3H3,(H,15,17). The van der Waals surface area contributed by atoms with Crippen molar-refractivity contribution < 1.29 is 14.3 Å². The highest BCUT2D eigenvalue weighted by molar-refractivity contribution is 5.87. The first-order chi connectivity index (χ1) is 8.88. The van der Waals surface area contributed by atoms with E-state index >= 15 is 0 Å². The lowest BCUT2D eigenvalue weighted by Gasteiger charge is -2.45. The van der Waals surface area contributed by atoms with E-state index in [2.05, 4.69) is 5.32 Å². The minimum absolute atomic E-state index is 0.0180. The summed E-state index contributed by atoms with van der Waals surface area (Å²) in [5, 5.41) is 13.1. The summed E-state index contributed by atoms with van der Waals surface area (Å²) in [4.78, 5) is 14.3. The molecule has 1 unspecified atom stereocenters. The van der Waals surface area contributed by atoms with Crippen LogP contribution in [0.5, 0.6) is 0 Å². The monoisotopic (exact) mass is 266 g/mol. The fourth-order valence-electron chi connectivity index (χ4n) is 2.48. The molecule has 0 aliphatic heterocycles. The van der Waals surface area contributed by atoms with Crippen LogP contribution in [0.15, 0.2) is 22.8 Å². The van der Waals surface area contributed by atoms with Crippen LogP contribution in [-0.4, -0.2) is 42.1 Å². The summed E-state index contributed by atoms with van der Waals surface area (Å²) in [6.07, 6.45) is 4.32. The average molecular weight is 266 g/mol. The summed E-state index contributed by atoms with van der Waals surface area (Å²) in [6.45, 7) is 1.78. The van der Waals surface area contributed by atoms with Crippen LogP contribution in [0.25, 0.3) is 0 Å². The van der Waals surface area contributed by atoms with Gasteiger partial charge in [-0.2, -0.15) is 0 Å². The summed E-state index contributed by atoms with van der Waals surface area (Å²) in [6, 6.07) is 3.43. The maximum absolute atomic E-state index is 12.3. The van der Waals surface area contributed by atoms with Crippen molar-refractivity contribution in [2.45, 2.75) is 37.3 Å². The molecule has 0 bridgehead atoms. The Balaban J connectivity index is 1.97. The van der Waals surface area contributed by atoms with Crippen molar-refractivity contribution in [3.05, 3.63) is 24.2 Å². The van der Waals surface area contributed by atoms with E-state index < -0.39 is 11.1 Å². The van der Waals surface area contributed by atoms with Crippen molar-refractivity contribution in [2.75, 3.05) is 20.6 Å². The first-order valence-corrected chi connectivity index (χ1v) is 6.61. The second-order valence-corrected chi connectivity index (χ2v) is 5.71. The van der Waals surface area contributed by atoms with Gasteiger partial charge >= 0.3 is 0 Å². The highest BCUT2D eigenvalue weighted by Crippen LogP contribution is 2.36. The van der Waals surface area contributed by atoms with Gasteiger partial charge in [0.05, 0.1) is 18.3 Å². The van der Waals surface area contributed by atoms with Crippen molar-refractivity contribution in [2.24, 2.45) is 0 Å². The van der Waals surface area contributed by atoms with Crippen LogP contribution < -0.4 is 5.32 Å². The summed E-state index contributed by atoms with van der Waals surface area (Å²) in [7, 11) is 3.84. The number of amides is 1. The number of aliphatic hydroxyl groups is 1. The molecule has 1 aliphatic carbocycles. The summed E-state index contributed by atoms with van der Waals surface area (Å²) in [5.74, 6) is 0.441. The highest BCUT2D eigenvalue weighted by atomic mass is 16.4. The van der Waals surface area contributed by atoms with Gasteiger partial charge in [0.25, 0.3) is 0 Å². The Labute approximate surface area is 113 Å². The molecular weight excluding hydrogens is 244 g/mol. The molecule has 1 saturated carbocycles. The molecule has 1 aliphatic rings. The van der Waals surface area contributed by atoms with E-state index in [1.165, 1.54) is 6.26 Å². The smallest absolute Gasteiger partial charge is 0.240 e. The van der Waals surface area contributed by atoms with Crippen molar-refractivity contribution >= 4 is 5.91 Å². The Morgan fingerprint density at radius 1 is 1.58 bits per heavy atom. The molecule has 0 spiro atoms. The van der Waals surface area contributed by atoms with Gasteiger partial charge in [-0.1, -0.05) is 0 Å². The molecule has 0 radical (unpaired) electrons. The quantitative estimate of drug-likeness (QED) is 0.837. The summed E-state index contributed by atoms with van der Waals surface area (Å²) < 4.78 is 5.19. The topological polar surface area (TPSA) is 65.7 Å². The molecular formula is C14H22N2O3. The van der Waals surface area contributed by atoms with E-state index in [4.69, 9.17) is 4.42 Å². The SMILES string of the molecule is CN(C)C1(C(=O)NCC(C)(O)c2ccco2)CCC1. The fourth-order valence-corrected chi connectivity index (χ4v) is 2.48. The Bertz CT molecular complexity index is 434. The van der Waals surface area contributed by atoms with Gasteiger partial charge in [-0.05, 0) is 52.4 Å². The van der Waals surface area contributed by atoms with E-state index in [1.807, 2.05) is 19.0 Å². The number of hydrogen-bond donors (Lipinski definition) is 2. The third-order valence-electron chi connectivity index (χ3n) is 4.10. The number of hydrogen-bond acceptors (Lipinski definition) is 4. The molecule has 1 aromatic heterocycles. The second-order valence-electron chi connectivity index (χ2n) is 5.71. The van der Waals surface area contributed by atoms with Gasteiger partial charge < -0.3 is 14.8 Å². The Hall–Kier alpha value is -1.33. The largest absolute Gasteiger partial charge is 0.466 e. The van der Waals surface area contributed by atoms with Crippen LogP contribution in [0.2, 0.25) is 0 Å². The number of carbonyl (C=O) groups excluding carboxylic acids is 1. The van der Waals surface area contributed by atoms with E-state index in [0.717, 1.165) is 19.3 Å². The number of rotatable bonds is 5. The first-order valence-electron chi connectivity index (χ1n) is 6.61. The van der Waals surface area contributed by atoms with Gasteiger partial charge in [-0.15, -0.1) is 0 Å². The van der Waals surface area contributed by atoms with Crippen molar-refractivity contribution in [3.63, 3.8) is 0 Å². The number of nitrogens with one attached hydrogen (secondary N) is 1. The maximum Gasteiger partial charge on any atom is 0.240 e. The molecule has 2 N–H and O–H groups in total. The molecule has 5 heteroatoms. The molecule has 5 nitrogen and oxygen atoms in total. The minimum atomic E-state index is -1.18. The predicted molar refractivity (Wildman–Crippen MR) is 71.6 cm³/mol. The highest BCUT2D eigenvalue weighted by Gasteiger charge is 2.46. The molecule has 1 aromatic rings. The molecule has 106 valence electrons. The lowest BCUT2D eigenvalue weighted by atomic mass is 9.75. The molecule has 1 fully saturated rings. The van der Waals surface area contributed by atoms with E-state index in [1.54, 1.807) is 19.1 Å². The van der Waals surface area contributed by atoms with Crippen LogP contribution in [0.1, 0.15) is 31.9 Å². The van der Waals surface area contributed by atoms with Crippen LogP contribution in [0.3, 0.4) is 0 Å². The van der Waals surface area contributed by atoms with Crippen molar-refractivity contribution in [1.29, 1.82) is 0 Å². The Kier molecular flexibility index (Phi) is 3.69. The second kappa shape index (κ2) is 4.98. The number of carbonyl (C=O) groups is 1. The lowest BCUT2D eigenvalue weighted by molar-refractivity contribution is -0.138. The molecule has 19 heavy (non-hydrogen) atoms. The lowest BCUT2D eigenvalue weighted by Crippen LogP contribution is -2.61. The van der Waals surface area contributed by atoms with Gasteiger partial charge in [0.1, 0.15) is 11.4 Å². The van der Waals surface area contributed by atoms with Gasteiger partial charge in [-0.3, -0.25) is 9.69 Å². The van der Waals surface area contributed by atoms with Gasteiger partial charge in [0.2, 0.25) is 5.91 Å². The fraction of sp³-hybridized carbons (Fsp3) is 0.643. The Morgan fingerprint density at radius 3 is 2.68 bits per heavy atom. The minimum Gasteiger partial charge on any atom is -0.466 e. The predicted octanol–water partition coefficient (Wildman–Crippen LogP) is 1.09. The normalized spacial score (nSPS) is 20.7. The molecule has 2 rings (SSSR count). The molecule has 1 amide bonds. The third-order valence-corrected chi connectivity index (χ3v) is 4.10. The number of likely N-dealkylation sites (N-methyl/N-ethyl adjacent to an activating group) is 1. The van der Waals surface area contributed by atoms with Gasteiger partial charge in [-0.25, -0.2) is 0 Å². The van der Waals surface area contributed by atoms with Crippen LogP contribution in [0, 0.1) is 0 Å². The summed E-state index contributed by atoms with van der Waals surface area (Å²) >= 11 is 0. The van der Waals surface area contributed by atoms with Crippen LogP contribution >= 0.6 is 0 Å². The zero-order chi connectivity index (χ0) is 14.1. The zero-order valence-electron chi connectivity index (χ0n) is 11.8. The summed E-state index contributed by atoms with van der Waals surface area (Å²) in [5.41, 5.74) is -1.59. The van der Waals surface area contributed by atoms with Gasteiger partial charge in [0, 0.05) is 0 Å². The van der Waals surface area contributed by atoms with Gasteiger partial charge in [0.15, 0.2) is 0 Å². The van der Waals surface area contributed by atoms with E-state index in [0.29, 0.717) is 5.76 Å². The zero-order valence-corrected chi connectivity index (χ0v) is 11.8. The van der Waals surface area contributed by atoms with Crippen molar-refractivity contribution in [3.8, 4) is 0 Å². The molecule has 1 heterocycles. The average Bonchev–Trinajstić information content (AvgIpc) is 2.78. The number of furan rings is 1. The van der Waals surface area contributed by atoms with Crippen molar-refractivity contribution in [1.82, 2.24) is 10.2 Å². The van der Waals surface area contributed by atoms with E-state index in [-0.39, 0.29) is 12.5 Å².